The van der Waals surface area contributed by atoms with E-state index in [-0.39, 0.29) is 20.1 Å². The molecule has 0 saturated heterocycles. The Hall–Kier alpha value is -2.48. The van der Waals surface area contributed by atoms with Crippen LogP contribution >= 0.6 is 0 Å². The Morgan fingerprint density at radius 1 is 0.879 bits per heavy atom. The maximum Gasteiger partial charge on any atom is 0.0639 e. The summed E-state index contributed by atoms with van der Waals surface area (Å²) in [6.45, 7) is 6.69. The van der Waals surface area contributed by atoms with Crippen molar-refractivity contribution in [3.63, 3.8) is 0 Å². The zero-order valence-electron chi connectivity index (χ0n) is 19.3. The topological polar surface area (TPSA) is 17.3 Å². The van der Waals surface area contributed by atoms with Crippen molar-refractivity contribution in [1.82, 2.24) is 9.38 Å². The molecule has 7 rings (SSSR count). The second-order valence-electron chi connectivity index (χ2n) is 10.1. The molecule has 2 fully saturated rings. The van der Waals surface area contributed by atoms with Crippen LogP contribution in [0.3, 0.4) is 0 Å². The third kappa shape index (κ3) is 3.20. The van der Waals surface area contributed by atoms with Crippen LogP contribution in [0.2, 0.25) is 0 Å². The van der Waals surface area contributed by atoms with Crippen molar-refractivity contribution in [2.45, 2.75) is 58.3 Å². The molecule has 0 amide bonds. The minimum atomic E-state index is 0. The fourth-order valence-electron chi connectivity index (χ4n) is 5.57. The van der Waals surface area contributed by atoms with E-state index in [2.05, 4.69) is 73.8 Å². The van der Waals surface area contributed by atoms with Gasteiger partial charge in [0.05, 0.1) is 11.3 Å². The first kappa shape index (κ1) is 21.1. The number of fused-ring (bicyclic) bond motifs is 6. The second kappa shape index (κ2) is 7.52. The third-order valence-electron chi connectivity index (χ3n) is 7.62. The molecule has 0 unspecified atom stereocenters. The van der Waals surface area contributed by atoms with Crippen LogP contribution in [0.25, 0.3) is 38.6 Å². The van der Waals surface area contributed by atoms with Crippen LogP contribution in [0.4, 0.5) is 0 Å². The molecule has 0 bridgehead atoms. The van der Waals surface area contributed by atoms with Gasteiger partial charge in [0.25, 0.3) is 0 Å². The summed E-state index contributed by atoms with van der Waals surface area (Å²) in [7, 11) is 0. The summed E-state index contributed by atoms with van der Waals surface area (Å²) in [5, 5.41) is 3.64. The van der Waals surface area contributed by atoms with Crippen LogP contribution in [0.1, 0.15) is 65.3 Å². The molecule has 0 N–H and O–H groups in total. The Labute approximate surface area is 208 Å². The van der Waals surface area contributed by atoms with Crippen molar-refractivity contribution < 1.29 is 20.1 Å². The molecular formula is C30H27IrN2-. The van der Waals surface area contributed by atoms with Crippen LogP contribution in [-0.2, 0) is 20.1 Å². The molecule has 2 nitrogen and oxygen atoms in total. The minimum absolute atomic E-state index is 0. The Morgan fingerprint density at radius 3 is 2.21 bits per heavy atom. The molecular weight excluding hydrogens is 581 g/mol. The predicted octanol–water partition coefficient (Wildman–Crippen LogP) is 7.79. The predicted molar refractivity (Wildman–Crippen MR) is 133 cm³/mol. The summed E-state index contributed by atoms with van der Waals surface area (Å²) < 4.78 is 2.43. The summed E-state index contributed by atoms with van der Waals surface area (Å²) in [6.07, 6.45) is 7.38. The van der Waals surface area contributed by atoms with Gasteiger partial charge in [-0.25, -0.2) is 0 Å². The van der Waals surface area contributed by atoms with Gasteiger partial charge >= 0.3 is 0 Å². The summed E-state index contributed by atoms with van der Waals surface area (Å²) in [5.74, 6) is 1.41. The van der Waals surface area contributed by atoms with Gasteiger partial charge in [0.15, 0.2) is 0 Å². The first-order valence-corrected chi connectivity index (χ1v) is 12.0. The van der Waals surface area contributed by atoms with Crippen molar-refractivity contribution >= 4 is 27.3 Å². The molecule has 0 aliphatic heterocycles. The normalized spacial score (nSPS) is 16.0. The molecule has 33 heavy (non-hydrogen) atoms. The van der Waals surface area contributed by atoms with Crippen molar-refractivity contribution in [1.29, 1.82) is 0 Å². The number of hydrogen-bond acceptors (Lipinski definition) is 1. The maximum atomic E-state index is 5.02. The monoisotopic (exact) mass is 608 g/mol. The molecule has 3 heteroatoms. The standard InChI is InChI=1S/C30H27N2.Ir/c1-17-12-24(20-8-9-20)29(25(13-17)21-10-11-21)28-16-31-30-23-7-5-4-6-22(23)26-14-18(2)19(3)15-27(26)32(28)30;/h4-6,12-16,20-21H,8-11H2,1-3H3;/q-1;. The average Bonchev–Trinajstić information content (AvgIpc) is 3.71. The van der Waals surface area contributed by atoms with Crippen molar-refractivity contribution in [2.24, 2.45) is 0 Å². The van der Waals surface area contributed by atoms with E-state index in [1.54, 1.807) is 11.1 Å². The van der Waals surface area contributed by atoms with Gasteiger partial charge in [-0.1, -0.05) is 29.1 Å². The maximum absolute atomic E-state index is 5.02. The molecule has 2 heterocycles. The SMILES string of the molecule is Cc1cc(C2CC2)c(-c2cnc3c4[c-]cccc4c4cc(C)c(C)cc4n23)c(C2CC2)c1.[Ir]. The molecule has 2 saturated carbocycles. The van der Waals surface area contributed by atoms with Crippen molar-refractivity contribution in [3.05, 3.63) is 82.5 Å². The molecule has 2 aliphatic rings. The average molecular weight is 608 g/mol. The van der Waals surface area contributed by atoms with E-state index in [0.29, 0.717) is 11.8 Å². The number of imidazole rings is 1. The first-order chi connectivity index (χ1) is 15.6. The summed E-state index contributed by atoms with van der Waals surface area (Å²) in [6, 6.07) is 19.4. The van der Waals surface area contributed by atoms with Crippen molar-refractivity contribution in [2.75, 3.05) is 0 Å². The van der Waals surface area contributed by atoms with Crippen LogP contribution < -0.4 is 0 Å². The summed E-state index contributed by atoms with van der Waals surface area (Å²) >= 11 is 0. The number of aromatic nitrogens is 2. The van der Waals surface area contributed by atoms with Crippen LogP contribution in [-0.4, -0.2) is 9.38 Å². The minimum Gasteiger partial charge on any atom is -0.333 e. The van der Waals surface area contributed by atoms with E-state index < -0.39 is 0 Å². The van der Waals surface area contributed by atoms with Gasteiger partial charge in [0.1, 0.15) is 0 Å². The fraction of sp³-hybridized carbons (Fsp3) is 0.300. The molecule has 1 radical (unpaired) electrons. The number of aryl methyl sites for hydroxylation is 3. The Balaban J connectivity index is 0.00000206. The van der Waals surface area contributed by atoms with Crippen molar-refractivity contribution in [3.8, 4) is 11.3 Å². The molecule has 2 aliphatic carbocycles. The van der Waals surface area contributed by atoms with E-state index in [1.807, 2.05) is 6.07 Å². The quantitative estimate of drug-likeness (QED) is 0.151. The number of benzene rings is 3. The first-order valence-electron chi connectivity index (χ1n) is 12.0. The van der Waals surface area contributed by atoms with E-state index in [0.717, 1.165) is 11.0 Å². The Kier molecular flexibility index (Phi) is 4.80. The smallest absolute Gasteiger partial charge is 0.0639 e. The number of nitrogens with zero attached hydrogens (tertiary/aromatic N) is 2. The van der Waals surface area contributed by atoms with Gasteiger partial charge < -0.3 is 4.40 Å². The van der Waals surface area contributed by atoms with E-state index >= 15 is 0 Å². The Morgan fingerprint density at radius 2 is 1.55 bits per heavy atom. The van der Waals surface area contributed by atoms with Crippen LogP contribution in [0.15, 0.2) is 48.7 Å². The molecule has 167 valence electrons. The van der Waals surface area contributed by atoms with Gasteiger partial charge in [-0.2, -0.15) is 0 Å². The number of rotatable bonds is 3. The molecule has 5 aromatic rings. The summed E-state index contributed by atoms with van der Waals surface area (Å²) in [4.78, 5) is 5.02. The fourth-order valence-corrected chi connectivity index (χ4v) is 5.57. The third-order valence-corrected chi connectivity index (χ3v) is 7.62. The van der Waals surface area contributed by atoms with E-state index in [1.165, 1.54) is 69.9 Å². The second-order valence-corrected chi connectivity index (χ2v) is 10.1. The molecule has 3 aromatic carbocycles. The van der Waals surface area contributed by atoms with Gasteiger partial charge in [0.2, 0.25) is 0 Å². The van der Waals surface area contributed by atoms with Crippen LogP contribution in [0, 0.1) is 26.8 Å². The summed E-state index contributed by atoms with van der Waals surface area (Å²) in [5.41, 5.74) is 12.1. The Bertz CT molecular complexity index is 1530. The number of pyridine rings is 1. The van der Waals surface area contributed by atoms with Gasteiger partial charge in [-0.15, -0.1) is 29.7 Å². The van der Waals surface area contributed by atoms with Gasteiger partial charge in [-0.3, -0.25) is 4.98 Å². The van der Waals surface area contributed by atoms with E-state index in [9.17, 15) is 0 Å². The zero-order valence-corrected chi connectivity index (χ0v) is 21.7. The van der Waals surface area contributed by atoms with Crippen LogP contribution in [0.5, 0.6) is 0 Å². The zero-order chi connectivity index (χ0) is 21.6. The van der Waals surface area contributed by atoms with Gasteiger partial charge in [0, 0.05) is 37.4 Å². The molecule has 0 spiro atoms. The number of hydrogen-bond donors (Lipinski definition) is 0. The largest absolute Gasteiger partial charge is 0.333 e. The van der Waals surface area contributed by atoms with Gasteiger partial charge in [-0.05, 0) is 92.0 Å². The molecule has 0 atom stereocenters. The molecule has 2 aromatic heterocycles. The van der Waals surface area contributed by atoms with E-state index in [4.69, 9.17) is 4.98 Å².